The minimum atomic E-state index is -0.393. The van der Waals surface area contributed by atoms with Gasteiger partial charge in [0.2, 0.25) is 5.89 Å². The first-order valence-corrected chi connectivity index (χ1v) is 15.2. The molecule has 0 bridgehead atoms. The van der Waals surface area contributed by atoms with Gasteiger partial charge in [-0.05, 0) is 64.1 Å². The van der Waals surface area contributed by atoms with Crippen LogP contribution in [-0.4, -0.2) is 69.8 Å². The van der Waals surface area contributed by atoms with Gasteiger partial charge in [0.1, 0.15) is 0 Å². The molecule has 3 fully saturated rings. The number of likely N-dealkylation sites (tertiary alicyclic amines) is 1. The van der Waals surface area contributed by atoms with Crippen molar-refractivity contribution >= 4 is 5.69 Å². The Hall–Kier alpha value is -2.84. The summed E-state index contributed by atoms with van der Waals surface area (Å²) in [5, 5.41) is 8.27. The van der Waals surface area contributed by atoms with E-state index in [-0.39, 0.29) is 11.6 Å². The molecule has 1 saturated carbocycles. The van der Waals surface area contributed by atoms with Crippen molar-refractivity contribution in [1.82, 2.24) is 25.0 Å². The van der Waals surface area contributed by atoms with Crippen LogP contribution in [-0.2, 0) is 6.54 Å². The van der Waals surface area contributed by atoms with Gasteiger partial charge in [-0.1, -0.05) is 50.1 Å². The number of piperidine rings is 1. The van der Waals surface area contributed by atoms with Gasteiger partial charge < -0.3 is 9.32 Å². The quantitative estimate of drug-likeness (QED) is 0.345. The minimum absolute atomic E-state index is 0.162. The second kappa shape index (κ2) is 11.6. The fourth-order valence-electron chi connectivity index (χ4n) is 6.71. The number of piperazine rings is 1. The Labute approximate surface area is 237 Å². The lowest BCUT2D eigenvalue weighted by Crippen LogP contribution is -2.58. The second-order valence-electron chi connectivity index (χ2n) is 12.3. The van der Waals surface area contributed by atoms with Crippen LogP contribution < -0.4 is 4.90 Å². The summed E-state index contributed by atoms with van der Waals surface area (Å²) in [6.45, 7) is 14.7. The summed E-state index contributed by atoms with van der Waals surface area (Å²) in [5.74, 6) is 1.25. The zero-order chi connectivity index (χ0) is 27.8. The first-order chi connectivity index (χ1) is 19.4. The normalized spacial score (nSPS) is 24.5. The van der Waals surface area contributed by atoms with E-state index in [1.165, 1.54) is 24.0 Å². The van der Waals surface area contributed by atoms with Gasteiger partial charge in [-0.2, -0.15) is 0 Å². The van der Waals surface area contributed by atoms with Crippen molar-refractivity contribution in [3.63, 3.8) is 0 Å². The van der Waals surface area contributed by atoms with Crippen LogP contribution in [0.25, 0.3) is 11.6 Å². The maximum absolute atomic E-state index is 15.4. The van der Waals surface area contributed by atoms with Gasteiger partial charge in [-0.15, -0.1) is 10.2 Å². The van der Waals surface area contributed by atoms with Crippen molar-refractivity contribution in [3.8, 4) is 11.6 Å². The molecule has 2 aromatic heterocycles. The molecule has 7 nitrogen and oxygen atoms in total. The number of rotatable bonds is 8. The zero-order valence-corrected chi connectivity index (χ0v) is 24.4. The Bertz CT molecular complexity index is 1300. The molecule has 40 heavy (non-hydrogen) atoms. The smallest absolute Gasteiger partial charge is 0.269 e. The van der Waals surface area contributed by atoms with E-state index in [4.69, 9.17) is 4.42 Å². The Morgan fingerprint density at radius 3 is 2.48 bits per heavy atom. The summed E-state index contributed by atoms with van der Waals surface area (Å²) in [6, 6.07) is 11.7. The van der Waals surface area contributed by atoms with Gasteiger partial charge in [0, 0.05) is 50.2 Å². The molecule has 1 aromatic carbocycles. The lowest BCUT2D eigenvalue weighted by molar-refractivity contribution is 0.0590. The summed E-state index contributed by atoms with van der Waals surface area (Å²) in [7, 11) is 0. The van der Waals surface area contributed by atoms with Crippen LogP contribution in [0.15, 0.2) is 34.7 Å². The number of hydrogen-bond donors (Lipinski definition) is 0. The van der Waals surface area contributed by atoms with E-state index in [2.05, 4.69) is 74.9 Å². The highest BCUT2D eigenvalue weighted by atomic mass is 19.1. The lowest BCUT2D eigenvalue weighted by atomic mass is 9.96. The van der Waals surface area contributed by atoms with Gasteiger partial charge in [-0.3, -0.25) is 9.80 Å². The molecule has 1 aliphatic carbocycles. The maximum atomic E-state index is 15.4. The third-order valence-corrected chi connectivity index (χ3v) is 9.25. The molecule has 4 heterocycles. The topological polar surface area (TPSA) is 61.5 Å². The second-order valence-corrected chi connectivity index (χ2v) is 12.3. The molecule has 0 spiro atoms. The van der Waals surface area contributed by atoms with E-state index in [0.717, 1.165) is 69.9 Å². The molecule has 2 saturated heterocycles. The number of benzene rings is 1. The van der Waals surface area contributed by atoms with E-state index in [1.807, 2.05) is 6.92 Å². The Morgan fingerprint density at radius 1 is 1.02 bits per heavy atom. The van der Waals surface area contributed by atoms with Crippen LogP contribution in [0.4, 0.5) is 10.1 Å². The maximum Gasteiger partial charge on any atom is 0.269 e. The summed E-state index contributed by atoms with van der Waals surface area (Å²) in [5.41, 5.74) is 4.57. The van der Waals surface area contributed by atoms with Gasteiger partial charge in [0.25, 0.3) is 5.89 Å². The van der Waals surface area contributed by atoms with E-state index >= 15 is 4.39 Å². The van der Waals surface area contributed by atoms with Crippen LogP contribution in [0.2, 0.25) is 0 Å². The van der Waals surface area contributed by atoms with Crippen molar-refractivity contribution in [3.05, 3.63) is 58.9 Å². The Morgan fingerprint density at radius 2 is 1.77 bits per heavy atom. The molecule has 3 atom stereocenters. The molecule has 3 aromatic rings. The number of nitrogens with zero attached hydrogens (tertiary/aromatic N) is 6. The van der Waals surface area contributed by atoms with E-state index in [1.54, 1.807) is 6.07 Å². The number of anilines is 1. The molecule has 0 N–H and O–H groups in total. The average Bonchev–Trinajstić information content (AvgIpc) is 3.48. The first-order valence-electron chi connectivity index (χ1n) is 15.2. The monoisotopic (exact) mass is 546 g/mol. The lowest BCUT2D eigenvalue weighted by Gasteiger charge is -2.48. The van der Waals surface area contributed by atoms with Crippen LogP contribution in [0.5, 0.6) is 0 Å². The molecule has 2 aliphatic heterocycles. The fraction of sp³-hybridized carbons (Fsp3) is 0.594. The molecule has 0 amide bonds. The number of aryl methyl sites for hydroxylation is 2. The van der Waals surface area contributed by atoms with E-state index in [0.29, 0.717) is 29.8 Å². The average molecular weight is 547 g/mol. The summed E-state index contributed by atoms with van der Waals surface area (Å²) < 4.78 is 21.2. The molecule has 0 radical (unpaired) electrons. The van der Waals surface area contributed by atoms with Gasteiger partial charge >= 0.3 is 0 Å². The summed E-state index contributed by atoms with van der Waals surface area (Å²) in [6.07, 6.45) is 5.76. The fourth-order valence-corrected chi connectivity index (χ4v) is 6.71. The molecule has 8 heteroatoms. The highest BCUT2D eigenvalue weighted by Crippen LogP contribution is 2.46. The molecule has 214 valence electrons. The highest BCUT2D eigenvalue weighted by Gasteiger charge is 2.39. The van der Waals surface area contributed by atoms with Crippen LogP contribution in [0, 0.1) is 25.6 Å². The Balaban J connectivity index is 1.10. The first kappa shape index (κ1) is 27.3. The van der Waals surface area contributed by atoms with Crippen molar-refractivity contribution < 1.29 is 8.81 Å². The van der Waals surface area contributed by atoms with Gasteiger partial charge in [0.15, 0.2) is 11.5 Å². The molecular weight excluding hydrogens is 503 g/mol. The third kappa shape index (κ3) is 5.79. The molecule has 2 unspecified atom stereocenters. The Kier molecular flexibility index (Phi) is 7.91. The van der Waals surface area contributed by atoms with Crippen molar-refractivity contribution in [2.45, 2.75) is 84.3 Å². The molecule has 6 rings (SSSR count). The van der Waals surface area contributed by atoms with Crippen LogP contribution >= 0.6 is 0 Å². The van der Waals surface area contributed by atoms with Gasteiger partial charge in [-0.25, -0.2) is 9.37 Å². The SMILES string of the molecule is CCC[C@H]1CN(c2cc(F)c(-c3nnc(C4CC4C)o3)nc2C)CCN1C1CCN(Cc2ccc(C)cc2)CC1. The number of halogens is 1. The number of pyridine rings is 1. The zero-order valence-electron chi connectivity index (χ0n) is 24.4. The minimum Gasteiger partial charge on any atom is -0.419 e. The third-order valence-electron chi connectivity index (χ3n) is 9.25. The standard InChI is InChI=1S/C32H43FN6O/c1-5-6-26-20-38(15-16-39(26)25-11-13-37(14-12-25)19-24-9-7-21(2)8-10-24)29-18-28(33)30(34-23(29)4)32-36-35-31(40-32)27-17-22(27)3/h7-10,18,22,25-27H,5-6,11-17,19-20H2,1-4H3/t22?,26-,27?/m0/s1. The largest absolute Gasteiger partial charge is 0.419 e. The number of aromatic nitrogens is 3. The predicted octanol–water partition coefficient (Wildman–Crippen LogP) is 5.97. The van der Waals surface area contributed by atoms with Gasteiger partial charge in [0.05, 0.1) is 11.4 Å². The summed E-state index contributed by atoms with van der Waals surface area (Å²) in [4.78, 5) is 12.3. The predicted molar refractivity (Wildman–Crippen MR) is 156 cm³/mol. The highest BCUT2D eigenvalue weighted by molar-refractivity contribution is 5.58. The van der Waals surface area contributed by atoms with Crippen molar-refractivity contribution in [2.75, 3.05) is 37.6 Å². The van der Waals surface area contributed by atoms with Crippen molar-refractivity contribution in [2.24, 2.45) is 5.92 Å². The molecular formula is C32H43FN6O. The van der Waals surface area contributed by atoms with E-state index < -0.39 is 5.82 Å². The summed E-state index contributed by atoms with van der Waals surface area (Å²) >= 11 is 0. The molecule has 3 aliphatic rings. The van der Waals surface area contributed by atoms with Crippen LogP contribution in [0.3, 0.4) is 0 Å². The van der Waals surface area contributed by atoms with E-state index in [9.17, 15) is 0 Å². The van der Waals surface area contributed by atoms with Crippen LogP contribution in [0.1, 0.15) is 74.6 Å². The number of hydrogen-bond acceptors (Lipinski definition) is 7. The van der Waals surface area contributed by atoms with Crippen molar-refractivity contribution in [1.29, 1.82) is 0 Å².